The van der Waals surface area contributed by atoms with Crippen molar-refractivity contribution in [3.8, 4) is 0 Å². The zero-order valence-corrected chi connectivity index (χ0v) is 16.5. The van der Waals surface area contributed by atoms with E-state index in [0.717, 1.165) is 0 Å². The Balaban J connectivity index is 0.00000364. The van der Waals surface area contributed by atoms with Crippen LogP contribution in [0.3, 0.4) is 0 Å². The summed E-state index contributed by atoms with van der Waals surface area (Å²) in [5.41, 5.74) is 6.71. The molecule has 2 unspecified atom stereocenters. The minimum absolute atomic E-state index is 0. The molecule has 0 aliphatic carbocycles. The fourth-order valence-corrected chi connectivity index (χ4v) is 2.39. The van der Waals surface area contributed by atoms with Crippen LogP contribution >= 0.6 is 24.0 Å². The monoisotopic (exact) mass is 413 g/mol. The average molecular weight is 414 g/mol. The van der Waals surface area contributed by atoms with Gasteiger partial charge in [-0.25, -0.2) is 4.39 Å². The fourth-order valence-electron chi connectivity index (χ4n) is 2.18. The lowest BCUT2D eigenvalue weighted by atomic mass is 10.0. The van der Waals surface area contributed by atoms with E-state index in [1.807, 2.05) is 0 Å². The first kappa shape index (κ1) is 22.9. The van der Waals surface area contributed by atoms with E-state index >= 15 is 0 Å². The summed E-state index contributed by atoms with van der Waals surface area (Å²) >= 11 is 6.09. The van der Waals surface area contributed by atoms with E-state index in [1.165, 1.54) is 18.2 Å². The molecule has 2 atom stereocenters. The number of hydrogen-bond acceptors (Lipinski definition) is 3. The second-order valence-corrected chi connectivity index (χ2v) is 6.51. The molecule has 2 amide bonds. The number of amides is 2. The maximum atomic E-state index is 13.6. The van der Waals surface area contributed by atoms with Crippen LogP contribution < -0.4 is 16.4 Å². The van der Waals surface area contributed by atoms with Crippen molar-refractivity contribution in [3.63, 3.8) is 0 Å². The van der Waals surface area contributed by atoms with E-state index in [2.05, 4.69) is 10.6 Å². The van der Waals surface area contributed by atoms with Gasteiger partial charge in [0.25, 0.3) is 5.91 Å². The minimum Gasteiger partial charge on any atom is -0.348 e. The standard InChI is InChI=1S/C19H21ClFN3O2.ClH/c1-11(12(2)22)18(25)24-14-7-8-16(20)15(9-14)19(26)23-10-13-5-3-4-6-17(13)21;/h3-9,11-12H,10,22H2,1-2H3,(H,23,26)(H,24,25);1H. The van der Waals surface area contributed by atoms with Crippen LogP contribution in [0.25, 0.3) is 0 Å². The van der Waals surface area contributed by atoms with Crippen molar-refractivity contribution in [1.82, 2.24) is 5.32 Å². The van der Waals surface area contributed by atoms with Gasteiger partial charge < -0.3 is 16.4 Å². The molecule has 4 N–H and O–H groups in total. The van der Waals surface area contributed by atoms with Crippen LogP contribution in [0.5, 0.6) is 0 Å². The number of nitrogens with two attached hydrogens (primary N) is 1. The van der Waals surface area contributed by atoms with Crippen molar-refractivity contribution in [3.05, 3.63) is 64.4 Å². The molecule has 0 heterocycles. The molecular formula is C19H22Cl2FN3O2. The highest BCUT2D eigenvalue weighted by Crippen LogP contribution is 2.21. The molecule has 27 heavy (non-hydrogen) atoms. The first-order valence-corrected chi connectivity index (χ1v) is 8.55. The van der Waals surface area contributed by atoms with Crippen LogP contribution in [0.1, 0.15) is 29.8 Å². The highest BCUT2D eigenvalue weighted by molar-refractivity contribution is 6.34. The molecule has 146 valence electrons. The Labute approximate surface area is 168 Å². The third-order valence-electron chi connectivity index (χ3n) is 4.08. The van der Waals surface area contributed by atoms with Gasteiger partial charge in [0.2, 0.25) is 5.91 Å². The van der Waals surface area contributed by atoms with Gasteiger partial charge >= 0.3 is 0 Å². The van der Waals surface area contributed by atoms with Gasteiger partial charge in [0, 0.05) is 23.8 Å². The maximum Gasteiger partial charge on any atom is 0.253 e. The highest BCUT2D eigenvalue weighted by Gasteiger charge is 2.18. The Bertz CT molecular complexity index is 815. The SMILES string of the molecule is CC(N)C(C)C(=O)Nc1ccc(Cl)c(C(=O)NCc2ccccc2F)c1.Cl. The highest BCUT2D eigenvalue weighted by atomic mass is 35.5. The Morgan fingerprint density at radius 3 is 2.48 bits per heavy atom. The second-order valence-electron chi connectivity index (χ2n) is 6.11. The molecule has 0 saturated carbocycles. The van der Waals surface area contributed by atoms with Crippen molar-refractivity contribution in [2.45, 2.75) is 26.4 Å². The molecule has 0 aliphatic heterocycles. The van der Waals surface area contributed by atoms with E-state index < -0.39 is 11.7 Å². The number of rotatable bonds is 6. The third kappa shape index (κ3) is 6.20. The average Bonchev–Trinajstić information content (AvgIpc) is 2.61. The zero-order valence-electron chi connectivity index (χ0n) is 15.0. The Morgan fingerprint density at radius 1 is 1.19 bits per heavy atom. The van der Waals surface area contributed by atoms with Gasteiger partial charge in [0.15, 0.2) is 0 Å². The van der Waals surface area contributed by atoms with Gasteiger partial charge in [-0.15, -0.1) is 12.4 Å². The number of benzene rings is 2. The summed E-state index contributed by atoms with van der Waals surface area (Å²) < 4.78 is 13.6. The van der Waals surface area contributed by atoms with Crippen LogP contribution in [-0.4, -0.2) is 17.9 Å². The molecule has 0 fully saturated rings. The van der Waals surface area contributed by atoms with E-state index in [4.69, 9.17) is 17.3 Å². The predicted molar refractivity (Wildman–Crippen MR) is 108 cm³/mol. The van der Waals surface area contributed by atoms with E-state index in [0.29, 0.717) is 11.3 Å². The summed E-state index contributed by atoms with van der Waals surface area (Å²) in [5, 5.41) is 5.56. The second kappa shape index (κ2) is 10.3. The van der Waals surface area contributed by atoms with Gasteiger partial charge in [0.05, 0.1) is 16.5 Å². The normalized spacial score (nSPS) is 12.5. The predicted octanol–water partition coefficient (Wildman–Crippen LogP) is 3.75. The Hall–Kier alpha value is -2.15. The van der Waals surface area contributed by atoms with Crippen LogP contribution in [0.15, 0.2) is 42.5 Å². The van der Waals surface area contributed by atoms with Gasteiger partial charge in [-0.05, 0) is 31.2 Å². The van der Waals surface area contributed by atoms with Crippen LogP contribution in [-0.2, 0) is 11.3 Å². The van der Waals surface area contributed by atoms with Crippen LogP contribution in [0, 0.1) is 11.7 Å². The summed E-state index contributed by atoms with van der Waals surface area (Å²) in [7, 11) is 0. The molecule has 8 heteroatoms. The van der Waals surface area contributed by atoms with Crippen molar-refractivity contribution in [2.24, 2.45) is 11.7 Å². The van der Waals surface area contributed by atoms with E-state index in [1.54, 1.807) is 38.1 Å². The van der Waals surface area contributed by atoms with Crippen LogP contribution in [0.4, 0.5) is 10.1 Å². The van der Waals surface area contributed by atoms with Crippen molar-refractivity contribution in [2.75, 3.05) is 5.32 Å². The number of carbonyl (C=O) groups excluding carboxylic acids is 2. The number of halogens is 3. The van der Waals surface area contributed by atoms with Gasteiger partial charge in [-0.2, -0.15) is 0 Å². The molecule has 0 aliphatic rings. The molecular weight excluding hydrogens is 392 g/mol. The maximum absolute atomic E-state index is 13.6. The zero-order chi connectivity index (χ0) is 19.3. The Kier molecular flexibility index (Phi) is 8.69. The number of hydrogen-bond donors (Lipinski definition) is 3. The molecule has 5 nitrogen and oxygen atoms in total. The van der Waals surface area contributed by atoms with E-state index in [9.17, 15) is 14.0 Å². The van der Waals surface area contributed by atoms with E-state index in [-0.39, 0.29) is 47.4 Å². The molecule has 0 radical (unpaired) electrons. The third-order valence-corrected chi connectivity index (χ3v) is 4.41. The summed E-state index contributed by atoms with van der Waals surface area (Å²) in [6.07, 6.45) is 0. The number of carbonyl (C=O) groups is 2. The minimum atomic E-state index is -0.463. The lowest BCUT2D eigenvalue weighted by molar-refractivity contribution is -0.119. The fraction of sp³-hybridized carbons (Fsp3) is 0.263. The van der Waals surface area contributed by atoms with Crippen molar-refractivity contribution in [1.29, 1.82) is 0 Å². The lowest BCUT2D eigenvalue weighted by Crippen LogP contribution is -2.34. The first-order chi connectivity index (χ1) is 12.3. The largest absolute Gasteiger partial charge is 0.348 e. The summed E-state index contributed by atoms with van der Waals surface area (Å²) in [6, 6.07) is 10.5. The number of nitrogens with one attached hydrogen (secondary N) is 2. The van der Waals surface area contributed by atoms with Gasteiger partial charge in [0.1, 0.15) is 5.82 Å². The van der Waals surface area contributed by atoms with Gasteiger partial charge in [-0.3, -0.25) is 9.59 Å². The van der Waals surface area contributed by atoms with Gasteiger partial charge in [-0.1, -0.05) is 36.7 Å². The topological polar surface area (TPSA) is 84.2 Å². The molecule has 2 aromatic rings. The molecule has 0 spiro atoms. The molecule has 0 saturated heterocycles. The molecule has 2 rings (SSSR count). The van der Waals surface area contributed by atoms with Crippen molar-refractivity contribution >= 4 is 41.5 Å². The molecule has 2 aromatic carbocycles. The molecule has 0 aromatic heterocycles. The summed E-state index contributed by atoms with van der Waals surface area (Å²) in [5.74, 6) is -1.50. The lowest BCUT2D eigenvalue weighted by Gasteiger charge is -2.16. The first-order valence-electron chi connectivity index (χ1n) is 8.17. The quantitative estimate of drug-likeness (QED) is 0.673. The van der Waals surface area contributed by atoms with Crippen molar-refractivity contribution < 1.29 is 14.0 Å². The number of anilines is 1. The Morgan fingerprint density at radius 2 is 1.85 bits per heavy atom. The summed E-state index contributed by atoms with van der Waals surface area (Å²) in [4.78, 5) is 24.5. The molecule has 0 bridgehead atoms. The van der Waals surface area contributed by atoms with Crippen LogP contribution in [0.2, 0.25) is 5.02 Å². The summed E-state index contributed by atoms with van der Waals surface area (Å²) in [6.45, 7) is 3.49. The smallest absolute Gasteiger partial charge is 0.253 e.